The van der Waals surface area contributed by atoms with Crippen molar-refractivity contribution in [3.05, 3.63) is 0 Å². The second-order valence-corrected chi connectivity index (χ2v) is 7.54. The van der Waals surface area contributed by atoms with Crippen molar-refractivity contribution >= 4 is 6.09 Å². The molecule has 1 aliphatic rings. The van der Waals surface area contributed by atoms with Gasteiger partial charge in [-0.25, -0.2) is 4.79 Å². The van der Waals surface area contributed by atoms with Crippen LogP contribution in [0.4, 0.5) is 4.79 Å². The number of aliphatic hydroxyl groups excluding tert-OH is 1. The van der Waals surface area contributed by atoms with Gasteiger partial charge in [-0.05, 0) is 66.7 Å². The third kappa shape index (κ3) is 6.97. The molecule has 0 aromatic carbocycles. The Morgan fingerprint density at radius 2 is 2.00 bits per heavy atom. The van der Waals surface area contributed by atoms with E-state index in [1.54, 1.807) is 0 Å². The van der Waals surface area contributed by atoms with Crippen LogP contribution in [0.1, 0.15) is 66.7 Å². The number of carbonyl (C=O) groups excluding carboxylic acids is 1. The summed E-state index contributed by atoms with van der Waals surface area (Å²) in [6.07, 6.45) is 4.76. The van der Waals surface area contributed by atoms with Crippen molar-refractivity contribution < 1.29 is 14.6 Å². The first kappa shape index (κ1) is 19.2. The van der Waals surface area contributed by atoms with Gasteiger partial charge in [-0.1, -0.05) is 0 Å². The number of aliphatic hydroxyl groups is 1. The zero-order valence-corrected chi connectivity index (χ0v) is 14.9. The fourth-order valence-electron chi connectivity index (χ4n) is 3.05. The lowest BCUT2D eigenvalue weighted by atomic mass is 9.96. The van der Waals surface area contributed by atoms with Crippen LogP contribution in [0.5, 0.6) is 0 Å². The predicted octanol–water partition coefficient (Wildman–Crippen LogP) is 2.92. The molecule has 1 aliphatic heterocycles. The molecule has 130 valence electrons. The van der Waals surface area contributed by atoms with Crippen LogP contribution in [-0.4, -0.2) is 53.0 Å². The molecule has 0 bridgehead atoms. The molecule has 1 heterocycles. The Morgan fingerprint density at radius 1 is 1.32 bits per heavy atom. The second-order valence-electron chi connectivity index (χ2n) is 7.54. The zero-order chi connectivity index (χ0) is 16.8. The van der Waals surface area contributed by atoms with Crippen LogP contribution >= 0.6 is 0 Å². The number of rotatable bonds is 6. The van der Waals surface area contributed by atoms with Crippen LogP contribution in [0, 0.1) is 0 Å². The highest BCUT2D eigenvalue weighted by atomic mass is 16.6. The van der Waals surface area contributed by atoms with Crippen LogP contribution in [0.3, 0.4) is 0 Å². The quantitative estimate of drug-likeness (QED) is 0.791. The van der Waals surface area contributed by atoms with E-state index in [9.17, 15) is 4.79 Å². The number of piperidine rings is 1. The van der Waals surface area contributed by atoms with E-state index in [-0.39, 0.29) is 18.7 Å². The van der Waals surface area contributed by atoms with Crippen molar-refractivity contribution in [2.45, 2.75) is 90.4 Å². The van der Waals surface area contributed by atoms with Crippen LogP contribution in [0.25, 0.3) is 0 Å². The van der Waals surface area contributed by atoms with Crippen molar-refractivity contribution in [2.75, 3.05) is 13.2 Å². The summed E-state index contributed by atoms with van der Waals surface area (Å²) < 4.78 is 5.54. The molecular formula is C17H34N2O3. The molecule has 0 aromatic heterocycles. The first-order valence-electron chi connectivity index (χ1n) is 8.59. The number of nitrogens with one attached hydrogen (secondary N) is 1. The normalized spacial score (nSPS) is 22.3. The Kier molecular flexibility index (Phi) is 7.63. The summed E-state index contributed by atoms with van der Waals surface area (Å²) in [5.41, 5.74) is -0.446. The average Bonchev–Trinajstić information content (AvgIpc) is 2.37. The number of likely N-dealkylation sites (tertiary alicyclic amines) is 1. The summed E-state index contributed by atoms with van der Waals surface area (Å²) in [6, 6.07) is 0.848. The molecule has 5 heteroatoms. The largest absolute Gasteiger partial charge is 0.444 e. The van der Waals surface area contributed by atoms with Gasteiger partial charge in [-0.2, -0.15) is 0 Å². The fraction of sp³-hybridized carbons (Fsp3) is 0.941. The lowest BCUT2D eigenvalue weighted by Crippen LogP contribution is -2.49. The minimum atomic E-state index is -0.446. The van der Waals surface area contributed by atoms with Crippen molar-refractivity contribution in [2.24, 2.45) is 0 Å². The summed E-state index contributed by atoms with van der Waals surface area (Å²) in [7, 11) is 0. The Morgan fingerprint density at radius 3 is 2.59 bits per heavy atom. The molecule has 1 amide bonds. The predicted molar refractivity (Wildman–Crippen MR) is 89.0 cm³/mol. The molecule has 0 spiro atoms. The monoisotopic (exact) mass is 314 g/mol. The lowest BCUT2D eigenvalue weighted by molar-refractivity contribution is 0.00779. The van der Waals surface area contributed by atoms with E-state index in [1.165, 1.54) is 6.42 Å². The molecule has 22 heavy (non-hydrogen) atoms. The molecular weight excluding hydrogens is 280 g/mol. The zero-order valence-electron chi connectivity index (χ0n) is 14.9. The summed E-state index contributed by atoms with van der Waals surface area (Å²) in [5.74, 6) is 0. The molecule has 0 radical (unpaired) electrons. The minimum absolute atomic E-state index is 0.187. The Labute approximate surface area is 135 Å². The third-order valence-electron chi connectivity index (χ3n) is 4.01. The SMILES string of the molecule is CC(CCO)NC(C)CC1CCCCN1C(=O)OC(C)(C)C. The number of nitrogens with zero attached hydrogens (tertiary/aromatic N) is 1. The number of carbonyl (C=O) groups is 1. The molecule has 3 atom stereocenters. The van der Waals surface area contributed by atoms with E-state index in [0.29, 0.717) is 12.1 Å². The summed E-state index contributed by atoms with van der Waals surface area (Å²) in [5, 5.41) is 12.5. The summed E-state index contributed by atoms with van der Waals surface area (Å²) in [4.78, 5) is 14.3. The van der Waals surface area contributed by atoms with Crippen molar-refractivity contribution in [3.63, 3.8) is 0 Å². The van der Waals surface area contributed by atoms with Gasteiger partial charge in [0.1, 0.15) is 5.60 Å². The van der Waals surface area contributed by atoms with E-state index < -0.39 is 5.60 Å². The molecule has 1 fully saturated rings. The highest BCUT2D eigenvalue weighted by Gasteiger charge is 2.31. The number of hydrogen-bond acceptors (Lipinski definition) is 4. The topological polar surface area (TPSA) is 61.8 Å². The Balaban J connectivity index is 2.56. The highest BCUT2D eigenvalue weighted by Crippen LogP contribution is 2.23. The van der Waals surface area contributed by atoms with Crippen molar-refractivity contribution in [3.8, 4) is 0 Å². The lowest BCUT2D eigenvalue weighted by Gasteiger charge is -2.38. The molecule has 0 aromatic rings. The van der Waals surface area contributed by atoms with Crippen LogP contribution in [0.15, 0.2) is 0 Å². The molecule has 3 unspecified atom stereocenters. The number of amides is 1. The van der Waals surface area contributed by atoms with Gasteiger partial charge in [0.25, 0.3) is 0 Å². The Bertz CT molecular complexity index is 341. The molecule has 1 saturated heterocycles. The van der Waals surface area contributed by atoms with Gasteiger partial charge >= 0.3 is 6.09 Å². The first-order valence-corrected chi connectivity index (χ1v) is 8.59. The third-order valence-corrected chi connectivity index (χ3v) is 4.01. The molecule has 1 rings (SSSR count). The smallest absolute Gasteiger partial charge is 0.410 e. The number of ether oxygens (including phenoxy) is 1. The van der Waals surface area contributed by atoms with E-state index in [0.717, 1.165) is 32.2 Å². The molecule has 5 nitrogen and oxygen atoms in total. The van der Waals surface area contributed by atoms with Gasteiger partial charge in [-0.15, -0.1) is 0 Å². The van der Waals surface area contributed by atoms with Crippen LogP contribution in [0.2, 0.25) is 0 Å². The van der Waals surface area contributed by atoms with Crippen LogP contribution < -0.4 is 5.32 Å². The molecule has 2 N–H and O–H groups in total. The van der Waals surface area contributed by atoms with Crippen molar-refractivity contribution in [1.82, 2.24) is 10.2 Å². The number of hydrogen-bond donors (Lipinski definition) is 2. The standard InChI is InChI=1S/C17H34N2O3/c1-13(9-11-20)18-14(2)12-15-8-6-7-10-19(15)16(21)22-17(3,4)5/h13-15,18,20H,6-12H2,1-5H3. The van der Waals surface area contributed by atoms with E-state index in [2.05, 4.69) is 19.2 Å². The maximum Gasteiger partial charge on any atom is 0.410 e. The maximum atomic E-state index is 12.4. The van der Waals surface area contributed by atoms with E-state index in [1.807, 2.05) is 25.7 Å². The van der Waals surface area contributed by atoms with Gasteiger partial charge in [0.05, 0.1) is 0 Å². The van der Waals surface area contributed by atoms with Crippen LogP contribution in [-0.2, 0) is 4.74 Å². The van der Waals surface area contributed by atoms with Gasteiger partial charge in [0.2, 0.25) is 0 Å². The average molecular weight is 314 g/mol. The molecule has 0 saturated carbocycles. The minimum Gasteiger partial charge on any atom is -0.444 e. The van der Waals surface area contributed by atoms with Gasteiger partial charge in [0, 0.05) is 31.3 Å². The van der Waals surface area contributed by atoms with E-state index >= 15 is 0 Å². The van der Waals surface area contributed by atoms with Gasteiger partial charge in [0.15, 0.2) is 0 Å². The van der Waals surface area contributed by atoms with Gasteiger partial charge in [-0.3, -0.25) is 0 Å². The van der Waals surface area contributed by atoms with Gasteiger partial charge < -0.3 is 20.1 Å². The summed E-state index contributed by atoms with van der Waals surface area (Å²) in [6.45, 7) is 10.9. The first-order chi connectivity index (χ1) is 10.2. The highest BCUT2D eigenvalue weighted by molar-refractivity contribution is 5.68. The Hall–Kier alpha value is -0.810. The summed E-state index contributed by atoms with van der Waals surface area (Å²) >= 11 is 0. The molecule has 0 aliphatic carbocycles. The van der Waals surface area contributed by atoms with Crippen molar-refractivity contribution in [1.29, 1.82) is 0 Å². The van der Waals surface area contributed by atoms with E-state index in [4.69, 9.17) is 9.84 Å². The second kappa shape index (κ2) is 8.73. The maximum absolute atomic E-state index is 12.4. The fourth-order valence-corrected chi connectivity index (χ4v) is 3.05.